The maximum absolute atomic E-state index is 11.6. The van der Waals surface area contributed by atoms with Crippen LogP contribution in [0.2, 0.25) is 0 Å². The lowest BCUT2D eigenvalue weighted by Crippen LogP contribution is -2.36. The Labute approximate surface area is 472 Å². The molecule has 6 saturated carbocycles. The number of aliphatic hydroxyl groups excluding tert-OH is 3. The lowest BCUT2D eigenvalue weighted by molar-refractivity contribution is -0.128. The minimum absolute atomic E-state index is 0. The van der Waals surface area contributed by atoms with Crippen molar-refractivity contribution in [2.24, 2.45) is 82.9 Å². The number of hydrogen-bond acceptors (Lipinski definition) is 10. The van der Waals surface area contributed by atoms with E-state index in [1.165, 1.54) is 70.6 Å². The summed E-state index contributed by atoms with van der Waals surface area (Å²) in [5.41, 5.74) is 0.658. The zero-order valence-electron chi connectivity index (χ0n) is 51.3. The minimum Gasteiger partial charge on any atom is -0.393 e. The Bertz CT molecular complexity index is 1720. The molecule has 7 aliphatic carbocycles. The third-order valence-electron chi connectivity index (χ3n) is 16.7. The van der Waals surface area contributed by atoms with Gasteiger partial charge in [0.05, 0.1) is 18.3 Å². The van der Waals surface area contributed by atoms with Crippen molar-refractivity contribution in [3.8, 4) is 0 Å². The van der Waals surface area contributed by atoms with Gasteiger partial charge in [-0.3, -0.25) is 33.6 Å². The van der Waals surface area contributed by atoms with E-state index < -0.39 is 12.2 Å². The van der Waals surface area contributed by atoms with E-state index in [9.17, 15) is 48.9 Å². The van der Waals surface area contributed by atoms with Gasteiger partial charge in [-0.15, -0.1) is 0 Å². The van der Waals surface area contributed by atoms with Crippen molar-refractivity contribution in [2.45, 2.75) is 290 Å². The van der Waals surface area contributed by atoms with E-state index in [1.807, 2.05) is 96.9 Å². The van der Waals surface area contributed by atoms with E-state index in [2.05, 4.69) is 0 Å². The predicted octanol–water partition coefficient (Wildman–Crippen LogP) is 15.3. The second-order valence-corrected chi connectivity index (χ2v) is 26.2. The zero-order valence-corrected chi connectivity index (χ0v) is 51.3. The quantitative estimate of drug-likeness (QED) is 0.143. The SMILES string of the molecule is C.CC(C)C(=O)C1=CC(C)C(O)C(O)C1.CC(C)C(=O)C1CC1.CC(C)C(=O)C1CCC(O)CC1.CC(C)C(=O)C1CCC1.CC(C)C(=O)C1CCCC1.CC(C)C(=O)C1CCCCC1.CC(C)C(=O)CC1CCCCC1. The summed E-state index contributed by atoms with van der Waals surface area (Å²) >= 11 is 0. The van der Waals surface area contributed by atoms with Crippen LogP contribution in [0.3, 0.4) is 0 Å². The Hall–Kier alpha value is -2.69. The van der Waals surface area contributed by atoms with Crippen molar-refractivity contribution < 1.29 is 48.9 Å². The monoisotopic (exact) mass is 1080 g/mol. The number of carbonyl (C=O) groups excluding carboxylic acids is 7. The lowest BCUT2D eigenvalue weighted by atomic mass is 9.79. The topological polar surface area (TPSA) is 180 Å². The Balaban J connectivity index is 0.000000878. The van der Waals surface area contributed by atoms with E-state index in [4.69, 9.17) is 0 Å². The largest absolute Gasteiger partial charge is 0.393 e. The van der Waals surface area contributed by atoms with Gasteiger partial charge in [-0.2, -0.15) is 0 Å². The van der Waals surface area contributed by atoms with Gasteiger partial charge >= 0.3 is 0 Å². The molecule has 0 aromatic carbocycles. The van der Waals surface area contributed by atoms with Gasteiger partial charge in [0, 0.05) is 89.8 Å². The van der Waals surface area contributed by atoms with E-state index in [0.717, 1.165) is 83.5 Å². The second kappa shape index (κ2) is 39.7. The molecule has 7 aliphatic rings. The first-order valence-corrected chi connectivity index (χ1v) is 31.1. The lowest BCUT2D eigenvalue weighted by Gasteiger charge is -2.28. The number of ketones is 7. The van der Waals surface area contributed by atoms with Gasteiger partial charge in [0.1, 0.15) is 34.7 Å². The first kappa shape index (κ1) is 74.3. The molecule has 77 heavy (non-hydrogen) atoms. The molecule has 3 N–H and O–H groups in total. The molecular formula is C67H120O10. The third kappa shape index (κ3) is 30.1. The van der Waals surface area contributed by atoms with Crippen LogP contribution in [0, 0.1) is 82.9 Å². The standard InChI is InChI=1S/C11H18O3.C11H20O.C10H18O2.C10H18O.C9H16O.C8H14O.C7H12O.CH4/c1-6(2)10(13)8-4-7(3)11(14)9(12)5-8;1-9(2)11(12)8-10-6-4-3-5-7-10;1-7(2)10(12)8-3-5-9(11)6-4-8;1-8(2)10(11)9-6-4-3-5-7-9;1-7(2)9(10)8-5-3-4-6-8;1-6(2)8(9)7-4-3-5-7;1-5(2)7(8)6-3-4-6;/h4,6-7,9,11-12,14H,5H2,1-3H3;9-10H,3-8H2,1-2H3;7-9,11H,3-6H2,1-2H3;8-9H,3-7H2,1-2H3;7-8H,3-6H2,1-2H3;6-7H,3-5H2,1-2H3;5-6H,3-4H2,1-2H3;1H4. The molecule has 0 aromatic rings. The first-order chi connectivity index (χ1) is 35.6. The summed E-state index contributed by atoms with van der Waals surface area (Å²) in [5.74, 6) is 6.72. The summed E-state index contributed by atoms with van der Waals surface area (Å²) in [7, 11) is 0. The van der Waals surface area contributed by atoms with Crippen molar-refractivity contribution in [1.29, 1.82) is 0 Å². The van der Waals surface area contributed by atoms with Crippen molar-refractivity contribution in [2.75, 3.05) is 0 Å². The average molecular weight is 1090 g/mol. The van der Waals surface area contributed by atoms with Crippen LogP contribution in [-0.4, -0.2) is 74.1 Å². The molecule has 10 nitrogen and oxygen atoms in total. The van der Waals surface area contributed by atoms with Crippen LogP contribution in [0.4, 0.5) is 0 Å². The summed E-state index contributed by atoms with van der Waals surface area (Å²) < 4.78 is 0. The first-order valence-electron chi connectivity index (χ1n) is 31.1. The highest BCUT2D eigenvalue weighted by Gasteiger charge is 2.32. The van der Waals surface area contributed by atoms with E-state index in [-0.39, 0.29) is 79.0 Å². The Morgan fingerprint density at radius 3 is 0.974 bits per heavy atom. The Kier molecular flexibility index (Phi) is 38.3. The van der Waals surface area contributed by atoms with Gasteiger partial charge in [0.25, 0.3) is 0 Å². The molecule has 0 aromatic heterocycles. The fourth-order valence-corrected chi connectivity index (χ4v) is 11.0. The average Bonchev–Trinajstić information content (AvgIpc) is 4.08. The fraction of sp³-hybridized carbons (Fsp3) is 0.866. The van der Waals surface area contributed by atoms with Gasteiger partial charge < -0.3 is 15.3 Å². The molecule has 3 unspecified atom stereocenters. The van der Waals surface area contributed by atoms with Crippen LogP contribution < -0.4 is 0 Å². The highest BCUT2D eigenvalue weighted by atomic mass is 16.3. The molecule has 7 rings (SSSR count). The maximum Gasteiger partial charge on any atom is 0.161 e. The van der Waals surface area contributed by atoms with Crippen LogP contribution in [0.15, 0.2) is 11.6 Å². The fourth-order valence-electron chi connectivity index (χ4n) is 11.0. The molecule has 10 heteroatoms. The number of Topliss-reactive ketones (excluding diaryl/α,β-unsaturated/α-hetero) is 7. The van der Waals surface area contributed by atoms with Crippen LogP contribution in [-0.2, 0) is 33.6 Å². The number of hydrogen-bond donors (Lipinski definition) is 3. The van der Waals surface area contributed by atoms with E-state index >= 15 is 0 Å². The summed E-state index contributed by atoms with van der Waals surface area (Å²) in [4.78, 5) is 79.4. The van der Waals surface area contributed by atoms with Gasteiger partial charge in [0.15, 0.2) is 5.78 Å². The summed E-state index contributed by atoms with van der Waals surface area (Å²) in [6.45, 7) is 29.3. The maximum atomic E-state index is 11.6. The smallest absolute Gasteiger partial charge is 0.161 e. The van der Waals surface area contributed by atoms with E-state index in [0.29, 0.717) is 69.9 Å². The molecule has 0 radical (unpaired) electrons. The number of carbonyl (C=O) groups is 7. The molecule has 0 heterocycles. The van der Waals surface area contributed by atoms with Crippen molar-refractivity contribution >= 4 is 40.5 Å². The summed E-state index contributed by atoms with van der Waals surface area (Å²) in [6.07, 6.45) is 28.1. The van der Waals surface area contributed by atoms with Crippen molar-refractivity contribution in [3.05, 3.63) is 11.6 Å². The minimum atomic E-state index is -0.798. The third-order valence-corrected chi connectivity index (χ3v) is 16.7. The van der Waals surface area contributed by atoms with Crippen molar-refractivity contribution in [3.63, 3.8) is 0 Å². The molecule has 0 aliphatic heterocycles. The zero-order chi connectivity index (χ0) is 57.8. The highest BCUT2D eigenvalue weighted by molar-refractivity contribution is 5.97. The van der Waals surface area contributed by atoms with Gasteiger partial charge in [-0.25, -0.2) is 0 Å². The second-order valence-electron chi connectivity index (χ2n) is 26.2. The highest BCUT2D eigenvalue weighted by Crippen LogP contribution is 2.33. The van der Waals surface area contributed by atoms with Gasteiger partial charge in [-0.1, -0.05) is 188 Å². The normalized spacial score (nSPS) is 23.8. The Morgan fingerprint density at radius 1 is 0.403 bits per heavy atom. The predicted molar refractivity (Wildman–Crippen MR) is 317 cm³/mol. The van der Waals surface area contributed by atoms with Crippen LogP contribution >= 0.6 is 0 Å². The van der Waals surface area contributed by atoms with Crippen LogP contribution in [0.25, 0.3) is 0 Å². The number of aliphatic hydroxyl groups is 3. The molecule has 448 valence electrons. The van der Waals surface area contributed by atoms with Crippen LogP contribution in [0.1, 0.15) is 272 Å². The van der Waals surface area contributed by atoms with Crippen molar-refractivity contribution in [1.82, 2.24) is 0 Å². The molecular weight excluding hydrogens is 965 g/mol. The Morgan fingerprint density at radius 2 is 0.701 bits per heavy atom. The molecule has 0 saturated heterocycles. The summed E-state index contributed by atoms with van der Waals surface area (Å²) in [6, 6.07) is 0. The van der Waals surface area contributed by atoms with E-state index in [1.54, 1.807) is 13.0 Å². The molecule has 0 spiro atoms. The van der Waals surface area contributed by atoms with Crippen LogP contribution in [0.5, 0.6) is 0 Å². The van der Waals surface area contributed by atoms with Gasteiger partial charge in [0.2, 0.25) is 0 Å². The molecule has 6 fully saturated rings. The molecule has 3 atom stereocenters. The number of rotatable bonds is 15. The van der Waals surface area contributed by atoms with Gasteiger partial charge in [-0.05, 0) is 88.5 Å². The summed E-state index contributed by atoms with van der Waals surface area (Å²) in [5, 5.41) is 28.2. The molecule has 0 amide bonds. The molecule has 0 bridgehead atoms.